The van der Waals surface area contributed by atoms with E-state index in [4.69, 9.17) is 39.5 Å². The van der Waals surface area contributed by atoms with E-state index in [1.807, 2.05) is 41.0 Å². The predicted octanol–water partition coefficient (Wildman–Crippen LogP) is 3.85. The van der Waals surface area contributed by atoms with Crippen molar-refractivity contribution in [1.29, 1.82) is 0 Å². The van der Waals surface area contributed by atoms with Crippen molar-refractivity contribution in [1.82, 2.24) is 9.88 Å². The Balaban J connectivity index is 1.53. The zero-order valence-electron chi connectivity index (χ0n) is 20.3. The smallest absolute Gasteiger partial charge is 0.253 e. The molecule has 11 heteroatoms. The van der Waals surface area contributed by atoms with Gasteiger partial charge in [0.15, 0.2) is 6.29 Å². The lowest BCUT2D eigenvalue weighted by Crippen LogP contribution is -2.64. The van der Waals surface area contributed by atoms with Crippen molar-refractivity contribution in [2.24, 2.45) is 0 Å². The summed E-state index contributed by atoms with van der Waals surface area (Å²) in [6.07, 6.45) is -4.20. The molecule has 2 heterocycles. The highest BCUT2D eigenvalue weighted by molar-refractivity contribution is 6.42. The molecule has 204 valence electrons. The number of aliphatic hydroxyl groups is 4. The molecule has 1 amide bonds. The van der Waals surface area contributed by atoms with Crippen LogP contribution in [0.25, 0.3) is 22.0 Å². The van der Waals surface area contributed by atoms with E-state index in [1.165, 1.54) is 0 Å². The first kappa shape index (κ1) is 27.9. The van der Waals surface area contributed by atoms with Crippen molar-refractivity contribution in [3.05, 3.63) is 93.1 Å². The van der Waals surface area contributed by atoms with Gasteiger partial charge in [-0.05, 0) is 47.0 Å². The SMILES string of the molecule is O=C(N[C@H]1C(O)O[C@H](CO)[C@@H](O)C1O)c1cn(Cc2ccc(Cl)c(Cl)c2)c2cc(-c3ccc(Cl)cc3)ccc12. The van der Waals surface area contributed by atoms with Gasteiger partial charge in [0.1, 0.15) is 24.4 Å². The Labute approximate surface area is 238 Å². The molecule has 0 radical (unpaired) electrons. The number of nitrogens with one attached hydrogen (secondary N) is 1. The Hall–Kier alpha value is -2.66. The summed E-state index contributed by atoms with van der Waals surface area (Å²) in [5.41, 5.74) is 3.73. The van der Waals surface area contributed by atoms with E-state index >= 15 is 0 Å². The van der Waals surface area contributed by atoms with Gasteiger partial charge in [0, 0.05) is 28.7 Å². The summed E-state index contributed by atoms with van der Waals surface area (Å²) in [6, 6.07) is 17.0. The number of ether oxygens (including phenoxy) is 1. The van der Waals surface area contributed by atoms with Crippen LogP contribution in [0.4, 0.5) is 0 Å². The van der Waals surface area contributed by atoms with E-state index in [1.54, 1.807) is 30.5 Å². The fraction of sp³-hybridized carbons (Fsp3) is 0.250. The lowest BCUT2D eigenvalue weighted by molar-refractivity contribution is -0.252. The van der Waals surface area contributed by atoms with Crippen LogP contribution in [0.5, 0.6) is 0 Å². The highest BCUT2D eigenvalue weighted by atomic mass is 35.5. The molecular formula is C28H25Cl3N2O6. The van der Waals surface area contributed by atoms with Gasteiger partial charge >= 0.3 is 0 Å². The molecule has 1 aromatic heterocycles. The molecule has 0 bridgehead atoms. The number of carbonyl (C=O) groups is 1. The van der Waals surface area contributed by atoms with Crippen molar-refractivity contribution in [2.45, 2.75) is 37.2 Å². The van der Waals surface area contributed by atoms with E-state index in [-0.39, 0.29) is 5.56 Å². The molecule has 1 aliphatic heterocycles. The molecule has 0 aliphatic carbocycles. The van der Waals surface area contributed by atoms with Crippen molar-refractivity contribution in [2.75, 3.05) is 6.61 Å². The first-order valence-corrected chi connectivity index (χ1v) is 13.2. The van der Waals surface area contributed by atoms with Crippen LogP contribution in [-0.4, -0.2) is 68.2 Å². The van der Waals surface area contributed by atoms with Gasteiger partial charge < -0.3 is 35.0 Å². The topological polar surface area (TPSA) is 124 Å². The quantitative estimate of drug-likeness (QED) is 0.232. The third kappa shape index (κ3) is 5.66. The lowest BCUT2D eigenvalue weighted by Gasteiger charge is -2.40. The van der Waals surface area contributed by atoms with Gasteiger partial charge in [-0.15, -0.1) is 0 Å². The molecule has 2 unspecified atom stereocenters. The second-order valence-corrected chi connectivity index (χ2v) is 10.6. The van der Waals surface area contributed by atoms with Gasteiger partial charge in [-0.1, -0.05) is 65.1 Å². The predicted molar refractivity (Wildman–Crippen MR) is 149 cm³/mol. The van der Waals surface area contributed by atoms with Gasteiger partial charge in [0.25, 0.3) is 5.91 Å². The number of aliphatic hydroxyl groups excluding tert-OH is 4. The first-order valence-electron chi connectivity index (χ1n) is 12.1. The number of carbonyl (C=O) groups excluding carboxylic acids is 1. The van der Waals surface area contributed by atoms with Crippen LogP contribution in [0.3, 0.4) is 0 Å². The molecule has 1 saturated heterocycles. The Morgan fingerprint density at radius 1 is 0.897 bits per heavy atom. The summed E-state index contributed by atoms with van der Waals surface area (Å²) in [5, 5.41) is 45.0. The summed E-state index contributed by atoms with van der Waals surface area (Å²) in [6.45, 7) is -0.229. The summed E-state index contributed by atoms with van der Waals surface area (Å²) in [7, 11) is 0. The molecule has 1 aliphatic rings. The highest BCUT2D eigenvalue weighted by Gasteiger charge is 2.44. The minimum atomic E-state index is -1.63. The van der Waals surface area contributed by atoms with E-state index in [0.29, 0.717) is 27.0 Å². The number of nitrogens with zero attached hydrogens (tertiary/aromatic N) is 1. The Kier molecular flexibility index (Phi) is 8.19. The minimum absolute atomic E-state index is 0.283. The van der Waals surface area contributed by atoms with Crippen LogP contribution in [0.15, 0.2) is 66.9 Å². The zero-order valence-corrected chi connectivity index (χ0v) is 22.6. The third-order valence-electron chi connectivity index (χ3n) is 6.84. The van der Waals surface area contributed by atoms with Crippen molar-refractivity contribution < 1.29 is 30.0 Å². The normalized spacial score (nSPS) is 23.2. The monoisotopic (exact) mass is 590 g/mol. The summed E-state index contributed by atoms with van der Waals surface area (Å²) >= 11 is 18.4. The van der Waals surface area contributed by atoms with Crippen molar-refractivity contribution in [3.8, 4) is 11.1 Å². The maximum absolute atomic E-state index is 13.4. The maximum atomic E-state index is 13.4. The number of hydrogen-bond acceptors (Lipinski definition) is 6. The molecule has 4 aromatic rings. The largest absolute Gasteiger partial charge is 0.394 e. The number of halogens is 3. The summed E-state index contributed by atoms with van der Waals surface area (Å²) < 4.78 is 7.07. The molecule has 0 saturated carbocycles. The number of hydrogen-bond donors (Lipinski definition) is 5. The van der Waals surface area contributed by atoms with E-state index in [0.717, 1.165) is 22.2 Å². The van der Waals surface area contributed by atoms with E-state index in [2.05, 4.69) is 5.32 Å². The van der Waals surface area contributed by atoms with Crippen LogP contribution in [0.1, 0.15) is 15.9 Å². The summed E-state index contributed by atoms with van der Waals surface area (Å²) in [5.74, 6) is -0.589. The molecule has 5 atom stereocenters. The molecule has 5 N–H and O–H groups in total. The first-order chi connectivity index (χ1) is 18.7. The molecule has 8 nitrogen and oxygen atoms in total. The highest BCUT2D eigenvalue weighted by Crippen LogP contribution is 2.31. The molecule has 39 heavy (non-hydrogen) atoms. The Morgan fingerprint density at radius 2 is 1.62 bits per heavy atom. The lowest BCUT2D eigenvalue weighted by atomic mass is 9.96. The molecular weight excluding hydrogens is 567 g/mol. The van der Waals surface area contributed by atoms with Crippen molar-refractivity contribution >= 4 is 51.6 Å². The average Bonchev–Trinajstić information content (AvgIpc) is 3.28. The van der Waals surface area contributed by atoms with Crippen LogP contribution in [0, 0.1) is 0 Å². The average molecular weight is 592 g/mol. The van der Waals surface area contributed by atoms with E-state index in [9.17, 15) is 25.2 Å². The fourth-order valence-corrected chi connectivity index (χ4v) is 5.19. The van der Waals surface area contributed by atoms with Crippen LogP contribution in [-0.2, 0) is 11.3 Å². The van der Waals surface area contributed by atoms with Crippen LogP contribution >= 0.6 is 34.8 Å². The van der Waals surface area contributed by atoms with Gasteiger partial charge in [0.2, 0.25) is 0 Å². The van der Waals surface area contributed by atoms with Gasteiger partial charge in [-0.25, -0.2) is 0 Å². The molecule has 0 spiro atoms. The third-order valence-corrected chi connectivity index (χ3v) is 7.83. The van der Waals surface area contributed by atoms with Crippen LogP contribution in [0.2, 0.25) is 15.1 Å². The summed E-state index contributed by atoms with van der Waals surface area (Å²) in [4.78, 5) is 13.4. The standard InChI is InChI=1S/C28H25Cl3N2O6/c29-17-5-2-15(3-6-17)16-4-7-18-19(27(37)32-24-26(36)25(35)23(13-34)39-28(24)38)12-33(22(18)10-16)11-14-1-8-20(30)21(31)9-14/h1-10,12,23-26,28,34-36,38H,11,13H2,(H,32,37)/t23-,24-,25-,26?,28?/m1/s1. The molecule has 3 aromatic carbocycles. The second kappa shape index (κ2) is 11.4. The number of rotatable bonds is 6. The number of amides is 1. The Bertz CT molecular complexity index is 1510. The van der Waals surface area contributed by atoms with Gasteiger partial charge in [0.05, 0.1) is 22.2 Å². The van der Waals surface area contributed by atoms with E-state index < -0.39 is 43.2 Å². The minimum Gasteiger partial charge on any atom is -0.394 e. The van der Waals surface area contributed by atoms with Gasteiger partial charge in [-0.3, -0.25) is 4.79 Å². The fourth-order valence-electron chi connectivity index (χ4n) is 4.74. The van der Waals surface area contributed by atoms with Crippen molar-refractivity contribution in [3.63, 3.8) is 0 Å². The Morgan fingerprint density at radius 3 is 2.31 bits per heavy atom. The maximum Gasteiger partial charge on any atom is 0.253 e. The van der Waals surface area contributed by atoms with Gasteiger partial charge in [-0.2, -0.15) is 0 Å². The second-order valence-electron chi connectivity index (χ2n) is 9.39. The van der Waals surface area contributed by atoms with Crippen LogP contribution < -0.4 is 5.32 Å². The number of aromatic nitrogens is 1. The molecule has 5 rings (SSSR count). The zero-order chi connectivity index (χ0) is 27.8. The number of fused-ring (bicyclic) bond motifs is 1. The number of benzene rings is 3. The molecule has 1 fully saturated rings.